The predicted molar refractivity (Wildman–Crippen MR) is 84.5 cm³/mol. The van der Waals surface area contributed by atoms with Crippen LogP contribution in [0.4, 0.5) is 0 Å². The van der Waals surface area contributed by atoms with E-state index in [1.54, 1.807) is 6.20 Å². The molecule has 1 aliphatic heterocycles. The van der Waals surface area contributed by atoms with Gasteiger partial charge in [-0.2, -0.15) is 0 Å². The fourth-order valence-electron chi connectivity index (χ4n) is 3.11. The first kappa shape index (κ1) is 14.1. The number of carbonyl (C=O) groups excluding carboxylic acids is 1. The van der Waals surface area contributed by atoms with Gasteiger partial charge in [0, 0.05) is 24.4 Å². The van der Waals surface area contributed by atoms with E-state index in [4.69, 9.17) is 9.47 Å². The minimum Gasteiger partial charge on any atom is -0.485 e. The average molecular weight is 310 g/mol. The zero-order valence-corrected chi connectivity index (χ0v) is 12.7. The molecule has 4 rings (SSSR count). The van der Waals surface area contributed by atoms with Crippen molar-refractivity contribution in [2.75, 3.05) is 6.61 Å². The molecule has 0 radical (unpaired) electrons. The number of rotatable bonds is 2. The van der Waals surface area contributed by atoms with Crippen LogP contribution in [0.1, 0.15) is 17.7 Å². The number of amides is 1. The number of aromatic nitrogens is 1. The third kappa shape index (κ3) is 2.86. The molecule has 2 unspecified atom stereocenters. The van der Waals surface area contributed by atoms with Crippen LogP contribution in [0.5, 0.6) is 11.5 Å². The Morgan fingerprint density at radius 1 is 1.17 bits per heavy atom. The van der Waals surface area contributed by atoms with E-state index in [0.29, 0.717) is 11.5 Å². The van der Waals surface area contributed by atoms with E-state index in [2.05, 4.69) is 16.4 Å². The molecule has 1 N–H and O–H groups in total. The highest BCUT2D eigenvalue weighted by Crippen LogP contribution is 2.31. The van der Waals surface area contributed by atoms with Gasteiger partial charge >= 0.3 is 0 Å². The van der Waals surface area contributed by atoms with Gasteiger partial charge in [0.25, 0.3) is 5.91 Å². The number of benzene rings is 1. The van der Waals surface area contributed by atoms with Crippen molar-refractivity contribution in [3.8, 4) is 11.5 Å². The molecule has 2 heterocycles. The van der Waals surface area contributed by atoms with Crippen LogP contribution in [0.2, 0.25) is 0 Å². The Morgan fingerprint density at radius 3 is 2.96 bits per heavy atom. The number of carbonyl (C=O) groups is 1. The SMILES string of the molecule is O=C(NC1CCc2cccnc2C1)C1COc2ccccc2O1. The summed E-state index contributed by atoms with van der Waals surface area (Å²) in [6.45, 7) is 0.240. The summed E-state index contributed by atoms with van der Waals surface area (Å²) in [5.74, 6) is 1.19. The second-order valence-electron chi connectivity index (χ2n) is 5.92. The molecule has 0 spiro atoms. The van der Waals surface area contributed by atoms with E-state index >= 15 is 0 Å². The number of ether oxygens (including phenoxy) is 2. The molecule has 118 valence electrons. The second-order valence-corrected chi connectivity index (χ2v) is 5.92. The van der Waals surface area contributed by atoms with Gasteiger partial charge in [0.15, 0.2) is 11.5 Å². The Labute approximate surface area is 134 Å². The predicted octanol–water partition coefficient (Wildman–Crippen LogP) is 1.90. The van der Waals surface area contributed by atoms with Crippen molar-refractivity contribution < 1.29 is 14.3 Å². The third-order valence-corrected chi connectivity index (χ3v) is 4.33. The molecule has 1 aliphatic carbocycles. The van der Waals surface area contributed by atoms with E-state index in [1.165, 1.54) is 5.56 Å². The quantitative estimate of drug-likeness (QED) is 0.920. The van der Waals surface area contributed by atoms with Crippen LogP contribution in [0, 0.1) is 0 Å². The van der Waals surface area contributed by atoms with Crippen LogP contribution >= 0.6 is 0 Å². The van der Waals surface area contributed by atoms with Crippen molar-refractivity contribution in [2.45, 2.75) is 31.4 Å². The lowest BCUT2D eigenvalue weighted by Crippen LogP contribution is -2.49. The smallest absolute Gasteiger partial charge is 0.264 e. The molecule has 0 bridgehead atoms. The molecule has 1 amide bonds. The van der Waals surface area contributed by atoms with Gasteiger partial charge in [-0.25, -0.2) is 0 Å². The number of fused-ring (bicyclic) bond motifs is 2. The highest BCUT2D eigenvalue weighted by molar-refractivity contribution is 5.82. The summed E-state index contributed by atoms with van der Waals surface area (Å²) in [6.07, 6.45) is 3.84. The van der Waals surface area contributed by atoms with Crippen LogP contribution in [0.3, 0.4) is 0 Å². The van der Waals surface area contributed by atoms with Crippen molar-refractivity contribution in [1.82, 2.24) is 10.3 Å². The maximum atomic E-state index is 12.5. The van der Waals surface area contributed by atoms with Gasteiger partial charge in [-0.3, -0.25) is 9.78 Å². The highest BCUT2D eigenvalue weighted by atomic mass is 16.6. The molecule has 5 nitrogen and oxygen atoms in total. The second kappa shape index (κ2) is 5.91. The fourth-order valence-corrected chi connectivity index (χ4v) is 3.11. The zero-order chi connectivity index (χ0) is 15.6. The largest absolute Gasteiger partial charge is 0.485 e. The Morgan fingerprint density at radius 2 is 2.04 bits per heavy atom. The summed E-state index contributed by atoms with van der Waals surface area (Å²) >= 11 is 0. The molecule has 2 atom stereocenters. The Balaban J connectivity index is 1.40. The number of pyridine rings is 1. The summed E-state index contributed by atoms with van der Waals surface area (Å²) in [7, 11) is 0. The zero-order valence-electron chi connectivity index (χ0n) is 12.7. The normalized spacial score (nSPS) is 22.1. The van der Waals surface area contributed by atoms with Crippen LogP contribution < -0.4 is 14.8 Å². The first-order valence-electron chi connectivity index (χ1n) is 7.91. The molecule has 2 aliphatic rings. The Hall–Kier alpha value is -2.56. The van der Waals surface area contributed by atoms with Gasteiger partial charge in [-0.1, -0.05) is 18.2 Å². The van der Waals surface area contributed by atoms with Crippen LogP contribution in [-0.4, -0.2) is 29.6 Å². The van der Waals surface area contributed by atoms with Crippen LogP contribution in [-0.2, 0) is 17.6 Å². The summed E-state index contributed by atoms with van der Waals surface area (Å²) < 4.78 is 11.4. The Bertz CT molecular complexity index is 732. The minimum absolute atomic E-state index is 0.102. The number of nitrogens with zero attached hydrogens (tertiary/aromatic N) is 1. The first-order valence-corrected chi connectivity index (χ1v) is 7.91. The van der Waals surface area contributed by atoms with Crippen molar-refractivity contribution in [2.24, 2.45) is 0 Å². The number of hydrogen-bond donors (Lipinski definition) is 1. The molecule has 1 aromatic carbocycles. The standard InChI is InChI=1S/C18H18N2O3/c21-18(17-11-22-15-5-1-2-6-16(15)23-17)20-13-8-7-12-4-3-9-19-14(12)10-13/h1-6,9,13,17H,7-8,10-11H2,(H,20,21). The number of para-hydroxylation sites is 2. The highest BCUT2D eigenvalue weighted by Gasteiger charge is 2.30. The molecule has 1 aromatic heterocycles. The lowest BCUT2D eigenvalue weighted by Gasteiger charge is -2.29. The van der Waals surface area contributed by atoms with Crippen molar-refractivity contribution >= 4 is 5.91 Å². The third-order valence-electron chi connectivity index (χ3n) is 4.33. The molecule has 0 fully saturated rings. The van der Waals surface area contributed by atoms with E-state index < -0.39 is 6.10 Å². The molecule has 0 saturated heterocycles. The lowest BCUT2D eigenvalue weighted by molar-refractivity contribution is -0.131. The monoisotopic (exact) mass is 310 g/mol. The van der Waals surface area contributed by atoms with Crippen molar-refractivity contribution in [1.29, 1.82) is 0 Å². The van der Waals surface area contributed by atoms with Gasteiger partial charge in [-0.05, 0) is 36.6 Å². The van der Waals surface area contributed by atoms with E-state index in [-0.39, 0.29) is 18.6 Å². The molecular formula is C18H18N2O3. The maximum Gasteiger partial charge on any atom is 0.264 e. The van der Waals surface area contributed by atoms with Gasteiger partial charge in [-0.15, -0.1) is 0 Å². The summed E-state index contributed by atoms with van der Waals surface area (Å²) in [5, 5.41) is 3.08. The van der Waals surface area contributed by atoms with Crippen molar-refractivity contribution in [3.63, 3.8) is 0 Å². The molecule has 0 saturated carbocycles. The van der Waals surface area contributed by atoms with Crippen molar-refractivity contribution in [3.05, 3.63) is 53.9 Å². The van der Waals surface area contributed by atoms with E-state index in [0.717, 1.165) is 25.0 Å². The maximum absolute atomic E-state index is 12.5. The average Bonchev–Trinajstić information content (AvgIpc) is 2.61. The van der Waals surface area contributed by atoms with Gasteiger partial charge in [0.05, 0.1) is 0 Å². The molecule has 5 heteroatoms. The summed E-state index contributed by atoms with van der Waals surface area (Å²) in [6, 6.07) is 11.6. The van der Waals surface area contributed by atoms with E-state index in [1.807, 2.05) is 30.3 Å². The molecular weight excluding hydrogens is 292 g/mol. The molecule has 2 aromatic rings. The molecule has 23 heavy (non-hydrogen) atoms. The summed E-state index contributed by atoms with van der Waals surface area (Å²) in [4.78, 5) is 16.9. The van der Waals surface area contributed by atoms with E-state index in [9.17, 15) is 4.79 Å². The first-order chi connectivity index (χ1) is 11.3. The van der Waals surface area contributed by atoms with Gasteiger partial charge in [0.1, 0.15) is 6.61 Å². The van der Waals surface area contributed by atoms with Crippen LogP contribution in [0.25, 0.3) is 0 Å². The van der Waals surface area contributed by atoms with Gasteiger partial charge in [0.2, 0.25) is 6.10 Å². The number of aryl methyl sites for hydroxylation is 1. The fraction of sp³-hybridized carbons (Fsp3) is 0.333. The topological polar surface area (TPSA) is 60.5 Å². The Kier molecular flexibility index (Phi) is 3.61. The minimum atomic E-state index is -0.602. The summed E-state index contributed by atoms with van der Waals surface area (Å²) in [5.41, 5.74) is 2.36. The number of hydrogen-bond acceptors (Lipinski definition) is 4. The number of nitrogens with one attached hydrogen (secondary N) is 1. The van der Waals surface area contributed by atoms with Gasteiger partial charge < -0.3 is 14.8 Å². The lowest BCUT2D eigenvalue weighted by atomic mass is 9.92. The van der Waals surface area contributed by atoms with Crippen LogP contribution in [0.15, 0.2) is 42.6 Å².